The van der Waals surface area contributed by atoms with E-state index in [1.807, 2.05) is 13.8 Å². The van der Waals surface area contributed by atoms with Crippen molar-refractivity contribution in [3.05, 3.63) is 0 Å². The summed E-state index contributed by atoms with van der Waals surface area (Å²) in [4.78, 5) is 39.2. The topological polar surface area (TPSA) is 63.7 Å². The Bertz CT molecular complexity index is 304. The van der Waals surface area contributed by atoms with E-state index in [4.69, 9.17) is 4.84 Å². The number of nitrogens with zero attached hydrogens (tertiary/aromatic N) is 1. The molecule has 0 aromatic carbocycles. The molecule has 0 bridgehead atoms. The monoisotopic (exact) mass is 227 g/mol. The van der Waals surface area contributed by atoms with Crippen LogP contribution in [0.3, 0.4) is 0 Å². The van der Waals surface area contributed by atoms with Crippen LogP contribution in [0.4, 0.5) is 0 Å². The largest absolute Gasteiger partial charge is 0.338 e. The average molecular weight is 227 g/mol. The van der Waals surface area contributed by atoms with Gasteiger partial charge in [0.05, 0.1) is 5.41 Å². The Hall–Kier alpha value is -1.39. The maximum absolute atomic E-state index is 11.8. The minimum absolute atomic E-state index is 0.126. The minimum atomic E-state index is -0.636. The first-order valence-corrected chi connectivity index (χ1v) is 5.52. The summed E-state index contributed by atoms with van der Waals surface area (Å²) in [5.74, 6) is -1.39. The molecule has 0 atom stereocenters. The molecule has 90 valence electrons. The highest BCUT2D eigenvalue weighted by Gasteiger charge is 2.38. The summed E-state index contributed by atoms with van der Waals surface area (Å²) in [6, 6.07) is 0. The third-order valence-electron chi connectivity index (χ3n) is 3.23. The maximum atomic E-state index is 11.8. The molecule has 2 amide bonds. The molecule has 0 saturated carbocycles. The number of carbonyl (C=O) groups excluding carboxylic acids is 3. The first-order chi connectivity index (χ1) is 7.44. The quantitative estimate of drug-likeness (QED) is 0.681. The van der Waals surface area contributed by atoms with Crippen molar-refractivity contribution in [2.45, 2.75) is 46.5 Å². The van der Waals surface area contributed by atoms with Crippen LogP contribution in [0, 0.1) is 5.41 Å². The maximum Gasteiger partial charge on any atom is 0.338 e. The lowest BCUT2D eigenvalue weighted by Crippen LogP contribution is -2.38. The van der Waals surface area contributed by atoms with E-state index in [0.29, 0.717) is 17.9 Å². The number of hydrogen-bond acceptors (Lipinski definition) is 4. The van der Waals surface area contributed by atoms with E-state index >= 15 is 0 Å². The Morgan fingerprint density at radius 1 is 1.25 bits per heavy atom. The van der Waals surface area contributed by atoms with Crippen molar-refractivity contribution >= 4 is 17.8 Å². The number of rotatable bonds is 4. The molecule has 1 aliphatic rings. The Labute approximate surface area is 94.7 Å². The molecule has 0 aromatic heterocycles. The lowest BCUT2D eigenvalue weighted by Gasteiger charge is -2.25. The van der Waals surface area contributed by atoms with Crippen LogP contribution in [-0.2, 0) is 19.2 Å². The molecule has 1 rings (SSSR count). The summed E-state index contributed by atoms with van der Waals surface area (Å²) in [6.07, 6.45) is 1.47. The van der Waals surface area contributed by atoms with Gasteiger partial charge in [-0.05, 0) is 19.8 Å². The van der Waals surface area contributed by atoms with Crippen molar-refractivity contribution in [2.24, 2.45) is 5.41 Å². The Morgan fingerprint density at radius 3 is 2.06 bits per heavy atom. The molecule has 0 aliphatic carbocycles. The first kappa shape index (κ1) is 12.7. The normalized spacial score (nSPS) is 16.8. The van der Waals surface area contributed by atoms with E-state index in [9.17, 15) is 14.4 Å². The van der Waals surface area contributed by atoms with Crippen molar-refractivity contribution in [1.82, 2.24) is 5.06 Å². The fourth-order valence-electron chi connectivity index (χ4n) is 1.39. The van der Waals surface area contributed by atoms with Gasteiger partial charge in [0.2, 0.25) is 0 Å². The molecule has 16 heavy (non-hydrogen) atoms. The molecular formula is C11H17NO4. The van der Waals surface area contributed by atoms with E-state index in [-0.39, 0.29) is 12.8 Å². The molecule has 0 radical (unpaired) electrons. The van der Waals surface area contributed by atoms with Gasteiger partial charge in [0.1, 0.15) is 0 Å². The van der Waals surface area contributed by atoms with Gasteiger partial charge in [-0.1, -0.05) is 13.8 Å². The lowest BCUT2D eigenvalue weighted by atomic mass is 9.85. The minimum Gasteiger partial charge on any atom is -0.330 e. The number of imide groups is 1. The van der Waals surface area contributed by atoms with Gasteiger partial charge < -0.3 is 4.84 Å². The van der Waals surface area contributed by atoms with Gasteiger partial charge in [0, 0.05) is 12.8 Å². The Kier molecular flexibility index (Phi) is 3.67. The SMILES string of the molecule is CCC(C)(CC)C(=O)ON1C(=O)CCC1=O. The Morgan fingerprint density at radius 2 is 1.69 bits per heavy atom. The van der Waals surface area contributed by atoms with E-state index < -0.39 is 23.2 Å². The molecule has 1 heterocycles. The van der Waals surface area contributed by atoms with Crippen LogP contribution in [-0.4, -0.2) is 22.8 Å². The van der Waals surface area contributed by atoms with Crippen LogP contribution in [0.1, 0.15) is 46.5 Å². The van der Waals surface area contributed by atoms with Gasteiger partial charge in [-0.3, -0.25) is 9.59 Å². The fraction of sp³-hybridized carbons (Fsp3) is 0.727. The van der Waals surface area contributed by atoms with E-state index in [0.717, 1.165) is 0 Å². The second-order valence-electron chi connectivity index (χ2n) is 4.23. The highest BCUT2D eigenvalue weighted by atomic mass is 16.7. The van der Waals surface area contributed by atoms with Gasteiger partial charge in [-0.15, -0.1) is 5.06 Å². The number of hydroxylamine groups is 2. The standard InChI is InChI=1S/C11H17NO4/c1-4-11(3,5-2)10(15)16-12-8(13)6-7-9(12)14/h4-7H2,1-3H3. The first-order valence-electron chi connectivity index (χ1n) is 5.52. The van der Waals surface area contributed by atoms with Gasteiger partial charge >= 0.3 is 5.97 Å². The molecule has 5 nitrogen and oxygen atoms in total. The van der Waals surface area contributed by atoms with Crippen molar-refractivity contribution in [1.29, 1.82) is 0 Å². The zero-order chi connectivity index (χ0) is 12.3. The molecular weight excluding hydrogens is 210 g/mol. The van der Waals surface area contributed by atoms with E-state index in [1.54, 1.807) is 6.92 Å². The third-order valence-corrected chi connectivity index (χ3v) is 3.23. The lowest BCUT2D eigenvalue weighted by molar-refractivity contribution is -0.205. The number of amides is 2. The van der Waals surface area contributed by atoms with Crippen LogP contribution in [0.2, 0.25) is 0 Å². The number of carbonyl (C=O) groups is 3. The van der Waals surface area contributed by atoms with Crippen LogP contribution in [0.25, 0.3) is 0 Å². The predicted octanol–water partition coefficient (Wildman–Crippen LogP) is 1.42. The molecule has 0 spiro atoms. The molecule has 5 heteroatoms. The summed E-state index contributed by atoms with van der Waals surface area (Å²) < 4.78 is 0. The highest BCUT2D eigenvalue weighted by Crippen LogP contribution is 2.28. The molecule has 0 unspecified atom stereocenters. The summed E-state index contributed by atoms with van der Waals surface area (Å²) in [6.45, 7) is 5.51. The van der Waals surface area contributed by atoms with Gasteiger partial charge in [-0.2, -0.15) is 0 Å². The molecule has 1 fully saturated rings. The smallest absolute Gasteiger partial charge is 0.330 e. The van der Waals surface area contributed by atoms with Crippen molar-refractivity contribution in [3.8, 4) is 0 Å². The summed E-state index contributed by atoms with van der Waals surface area (Å²) in [7, 11) is 0. The second kappa shape index (κ2) is 4.63. The van der Waals surface area contributed by atoms with Crippen LogP contribution < -0.4 is 0 Å². The van der Waals surface area contributed by atoms with Gasteiger partial charge in [0.15, 0.2) is 0 Å². The summed E-state index contributed by atoms with van der Waals surface area (Å²) >= 11 is 0. The molecule has 1 saturated heterocycles. The second-order valence-corrected chi connectivity index (χ2v) is 4.23. The van der Waals surface area contributed by atoms with Crippen LogP contribution >= 0.6 is 0 Å². The average Bonchev–Trinajstić information content (AvgIpc) is 2.59. The predicted molar refractivity (Wildman–Crippen MR) is 55.9 cm³/mol. The highest BCUT2D eigenvalue weighted by molar-refractivity contribution is 6.01. The Balaban J connectivity index is 2.70. The van der Waals surface area contributed by atoms with Crippen LogP contribution in [0.5, 0.6) is 0 Å². The molecule has 0 N–H and O–H groups in total. The fourth-order valence-corrected chi connectivity index (χ4v) is 1.39. The number of hydrogen-bond donors (Lipinski definition) is 0. The summed E-state index contributed by atoms with van der Waals surface area (Å²) in [5.41, 5.74) is -0.636. The molecule has 0 aromatic rings. The zero-order valence-electron chi connectivity index (χ0n) is 9.91. The van der Waals surface area contributed by atoms with E-state index in [2.05, 4.69) is 0 Å². The van der Waals surface area contributed by atoms with Crippen molar-refractivity contribution in [2.75, 3.05) is 0 Å². The van der Waals surface area contributed by atoms with Gasteiger partial charge in [-0.25, -0.2) is 4.79 Å². The molecule has 1 aliphatic heterocycles. The van der Waals surface area contributed by atoms with Crippen molar-refractivity contribution in [3.63, 3.8) is 0 Å². The van der Waals surface area contributed by atoms with E-state index in [1.165, 1.54) is 0 Å². The zero-order valence-corrected chi connectivity index (χ0v) is 9.91. The summed E-state index contributed by atoms with van der Waals surface area (Å²) in [5, 5.41) is 0.603. The van der Waals surface area contributed by atoms with Crippen LogP contribution in [0.15, 0.2) is 0 Å². The third kappa shape index (κ3) is 2.23. The van der Waals surface area contributed by atoms with Crippen molar-refractivity contribution < 1.29 is 19.2 Å². The van der Waals surface area contributed by atoms with Gasteiger partial charge in [0.25, 0.3) is 11.8 Å².